The number of carbonyl (C=O) groups is 2. The quantitative estimate of drug-likeness (QED) is 0.562. The fraction of sp³-hybridized carbons (Fsp3) is 0.636. The molecule has 27 heavy (non-hydrogen) atoms. The van der Waals surface area contributed by atoms with Gasteiger partial charge in [0.2, 0.25) is 0 Å². The Balaban J connectivity index is 1.38. The van der Waals surface area contributed by atoms with E-state index in [0.29, 0.717) is 31.9 Å². The highest BCUT2D eigenvalue weighted by molar-refractivity contribution is 5.70. The van der Waals surface area contributed by atoms with Gasteiger partial charge in [-0.2, -0.15) is 0 Å². The Morgan fingerprint density at radius 2 is 1.81 bits per heavy atom. The van der Waals surface area contributed by atoms with Gasteiger partial charge in [-0.3, -0.25) is 4.79 Å². The van der Waals surface area contributed by atoms with Crippen molar-refractivity contribution >= 4 is 12.1 Å². The van der Waals surface area contributed by atoms with E-state index in [1.54, 1.807) is 6.92 Å². The van der Waals surface area contributed by atoms with Crippen LogP contribution in [-0.4, -0.2) is 31.3 Å². The molecule has 1 aromatic rings. The summed E-state index contributed by atoms with van der Waals surface area (Å²) >= 11 is 0. The second-order valence-corrected chi connectivity index (χ2v) is 7.82. The lowest BCUT2D eigenvalue weighted by molar-refractivity contribution is -0.143. The Kier molecular flexibility index (Phi) is 6.75. The van der Waals surface area contributed by atoms with Gasteiger partial charge in [-0.15, -0.1) is 0 Å². The zero-order valence-electron chi connectivity index (χ0n) is 16.2. The van der Waals surface area contributed by atoms with Crippen LogP contribution in [0.1, 0.15) is 69.8 Å². The summed E-state index contributed by atoms with van der Waals surface area (Å²) in [5, 5.41) is 2.77. The molecule has 3 rings (SSSR count). The van der Waals surface area contributed by atoms with E-state index in [9.17, 15) is 9.59 Å². The number of hydrogen-bond donors (Lipinski definition) is 1. The normalized spacial score (nSPS) is 26.9. The number of carbonyl (C=O) groups excluding carboxylic acids is 2. The van der Waals surface area contributed by atoms with E-state index in [0.717, 1.165) is 25.7 Å². The van der Waals surface area contributed by atoms with Gasteiger partial charge < -0.3 is 14.8 Å². The molecule has 5 nitrogen and oxygen atoms in total. The van der Waals surface area contributed by atoms with Gasteiger partial charge in [0.05, 0.1) is 6.61 Å². The molecule has 0 aliphatic heterocycles. The summed E-state index contributed by atoms with van der Waals surface area (Å²) in [5.41, 5.74) is 1.62. The molecule has 1 N–H and O–H groups in total. The molecular weight excluding hydrogens is 342 g/mol. The third kappa shape index (κ3) is 5.02. The molecule has 1 aromatic carbocycles. The van der Waals surface area contributed by atoms with Crippen LogP contribution in [0.15, 0.2) is 30.3 Å². The second kappa shape index (κ2) is 9.25. The molecule has 0 radical (unpaired) electrons. The molecule has 2 aliphatic rings. The highest BCUT2D eigenvalue weighted by Gasteiger charge is 2.50. The van der Waals surface area contributed by atoms with Crippen LogP contribution in [0.2, 0.25) is 0 Å². The van der Waals surface area contributed by atoms with Crippen molar-refractivity contribution in [3.8, 4) is 0 Å². The summed E-state index contributed by atoms with van der Waals surface area (Å²) in [4.78, 5) is 23.4. The highest BCUT2D eigenvalue weighted by atomic mass is 16.6. The molecule has 1 spiro atoms. The minimum Gasteiger partial charge on any atom is -0.466 e. The zero-order chi connectivity index (χ0) is 19.1. The van der Waals surface area contributed by atoms with Gasteiger partial charge in [0.25, 0.3) is 0 Å². The first-order chi connectivity index (χ1) is 13.1. The first kappa shape index (κ1) is 19.7. The number of rotatable bonds is 7. The minimum absolute atomic E-state index is 0.0410. The lowest BCUT2D eigenvalue weighted by Crippen LogP contribution is -2.50. The van der Waals surface area contributed by atoms with Crippen LogP contribution < -0.4 is 5.32 Å². The Bertz CT molecular complexity index is 622. The van der Waals surface area contributed by atoms with Crippen molar-refractivity contribution in [2.24, 2.45) is 5.41 Å². The number of esters is 1. The van der Waals surface area contributed by atoms with Gasteiger partial charge in [0, 0.05) is 18.4 Å². The first-order valence-corrected chi connectivity index (χ1v) is 10.3. The van der Waals surface area contributed by atoms with Crippen molar-refractivity contribution in [3.63, 3.8) is 0 Å². The van der Waals surface area contributed by atoms with E-state index in [-0.39, 0.29) is 23.6 Å². The average molecular weight is 373 g/mol. The van der Waals surface area contributed by atoms with E-state index in [2.05, 4.69) is 35.6 Å². The Morgan fingerprint density at radius 3 is 2.44 bits per heavy atom. The summed E-state index contributed by atoms with van der Waals surface area (Å²) in [6.07, 6.45) is 7.32. The Morgan fingerprint density at radius 1 is 1.11 bits per heavy atom. The van der Waals surface area contributed by atoms with Gasteiger partial charge >= 0.3 is 12.1 Å². The van der Waals surface area contributed by atoms with Crippen molar-refractivity contribution in [2.75, 3.05) is 13.2 Å². The molecule has 1 atom stereocenters. The number of alkyl carbamates (subject to hydrolysis) is 1. The van der Waals surface area contributed by atoms with Crippen molar-refractivity contribution in [2.45, 2.75) is 70.3 Å². The van der Waals surface area contributed by atoms with Gasteiger partial charge in [0.1, 0.15) is 6.10 Å². The number of amides is 1. The number of hydrogen-bond acceptors (Lipinski definition) is 4. The number of benzene rings is 1. The monoisotopic (exact) mass is 373 g/mol. The van der Waals surface area contributed by atoms with Crippen LogP contribution >= 0.6 is 0 Å². The SMILES string of the molecule is CCOC(=O)CCCNC(=O)OC1CCC12CCC(c1ccccc1)CC2. The van der Waals surface area contributed by atoms with Crippen LogP contribution in [0.25, 0.3) is 0 Å². The molecule has 5 heteroatoms. The summed E-state index contributed by atoms with van der Waals surface area (Å²) in [7, 11) is 0. The molecule has 1 unspecified atom stereocenters. The Hall–Kier alpha value is -2.04. The lowest BCUT2D eigenvalue weighted by atomic mass is 9.56. The lowest BCUT2D eigenvalue weighted by Gasteiger charge is -2.52. The third-order valence-corrected chi connectivity index (χ3v) is 6.22. The van der Waals surface area contributed by atoms with E-state index >= 15 is 0 Å². The fourth-order valence-electron chi connectivity index (χ4n) is 4.50. The van der Waals surface area contributed by atoms with E-state index < -0.39 is 0 Å². The van der Waals surface area contributed by atoms with Crippen LogP contribution in [0.5, 0.6) is 0 Å². The fourth-order valence-corrected chi connectivity index (χ4v) is 4.50. The Labute approximate surface area is 161 Å². The van der Waals surface area contributed by atoms with Crippen LogP contribution in [0.4, 0.5) is 4.79 Å². The van der Waals surface area contributed by atoms with E-state index in [4.69, 9.17) is 9.47 Å². The summed E-state index contributed by atoms with van der Waals surface area (Å²) in [5.74, 6) is 0.413. The highest BCUT2D eigenvalue weighted by Crippen LogP contribution is 2.55. The molecule has 1 amide bonds. The minimum atomic E-state index is -0.354. The first-order valence-electron chi connectivity index (χ1n) is 10.3. The number of nitrogens with one attached hydrogen (secondary N) is 1. The van der Waals surface area contributed by atoms with Gasteiger partial charge in [-0.05, 0) is 63.4 Å². The predicted molar refractivity (Wildman–Crippen MR) is 103 cm³/mol. The maximum atomic E-state index is 12.1. The summed E-state index contributed by atoms with van der Waals surface area (Å²) in [6.45, 7) is 2.62. The summed E-state index contributed by atoms with van der Waals surface area (Å²) < 4.78 is 10.6. The zero-order valence-corrected chi connectivity index (χ0v) is 16.2. The number of ether oxygens (including phenoxy) is 2. The van der Waals surface area contributed by atoms with Crippen LogP contribution in [0.3, 0.4) is 0 Å². The molecular formula is C22H31NO4. The van der Waals surface area contributed by atoms with Crippen molar-refractivity contribution < 1.29 is 19.1 Å². The maximum absolute atomic E-state index is 12.1. The maximum Gasteiger partial charge on any atom is 0.407 e. The van der Waals surface area contributed by atoms with Crippen LogP contribution in [-0.2, 0) is 14.3 Å². The van der Waals surface area contributed by atoms with Crippen molar-refractivity contribution in [1.82, 2.24) is 5.32 Å². The van der Waals surface area contributed by atoms with Gasteiger partial charge in [0.15, 0.2) is 0 Å². The van der Waals surface area contributed by atoms with E-state index in [1.807, 2.05) is 0 Å². The molecule has 0 heterocycles. The molecule has 0 saturated heterocycles. The van der Waals surface area contributed by atoms with Crippen LogP contribution in [0, 0.1) is 5.41 Å². The molecule has 2 saturated carbocycles. The molecule has 2 fully saturated rings. The predicted octanol–water partition coefficient (Wildman–Crippen LogP) is 4.56. The van der Waals surface area contributed by atoms with Crippen molar-refractivity contribution in [1.29, 1.82) is 0 Å². The van der Waals surface area contributed by atoms with Gasteiger partial charge in [-0.25, -0.2) is 4.79 Å². The van der Waals surface area contributed by atoms with E-state index in [1.165, 1.54) is 18.4 Å². The van der Waals surface area contributed by atoms with Gasteiger partial charge in [-0.1, -0.05) is 30.3 Å². The largest absolute Gasteiger partial charge is 0.466 e. The van der Waals surface area contributed by atoms with Crippen molar-refractivity contribution in [3.05, 3.63) is 35.9 Å². The molecule has 0 bridgehead atoms. The average Bonchev–Trinajstić information content (AvgIpc) is 2.70. The molecule has 148 valence electrons. The molecule has 0 aromatic heterocycles. The standard InChI is InChI=1S/C22H31NO4/c1-2-26-20(24)9-6-16-23-21(25)27-19-12-15-22(19)13-10-18(11-14-22)17-7-4-3-5-8-17/h3-5,7-8,18-19H,2,6,9-16H2,1H3,(H,23,25). The topological polar surface area (TPSA) is 64.6 Å². The second-order valence-electron chi connectivity index (χ2n) is 7.82. The molecule has 2 aliphatic carbocycles. The third-order valence-electron chi connectivity index (χ3n) is 6.22. The summed E-state index contributed by atoms with van der Waals surface area (Å²) in [6, 6.07) is 10.7. The smallest absolute Gasteiger partial charge is 0.407 e.